The highest BCUT2D eigenvalue weighted by molar-refractivity contribution is 6.00. The molecular weight excluding hydrogens is 308 g/mol. The lowest BCUT2D eigenvalue weighted by molar-refractivity contribution is 0.0843. The van der Waals surface area contributed by atoms with Crippen LogP contribution in [0.3, 0.4) is 0 Å². The Kier molecular flexibility index (Phi) is 5.78. The van der Waals surface area contributed by atoms with Crippen molar-refractivity contribution < 1.29 is 19.1 Å². The molecule has 2 aromatic carbocycles. The number of hydrazine groups is 1. The van der Waals surface area contributed by atoms with Gasteiger partial charge in [-0.2, -0.15) is 0 Å². The van der Waals surface area contributed by atoms with Crippen LogP contribution in [0.4, 0.5) is 0 Å². The van der Waals surface area contributed by atoms with Gasteiger partial charge in [0.15, 0.2) is 0 Å². The molecule has 0 saturated heterocycles. The van der Waals surface area contributed by atoms with Crippen LogP contribution in [0.15, 0.2) is 48.5 Å². The monoisotopic (exact) mass is 328 g/mol. The van der Waals surface area contributed by atoms with Crippen molar-refractivity contribution in [2.45, 2.75) is 20.0 Å². The number of amides is 2. The Morgan fingerprint density at radius 2 is 1.54 bits per heavy atom. The Hall–Kier alpha value is -3.02. The number of para-hydroxylation sites is 1. The first-order valence-electron chi connectivity index (χ1n) is 7.51. The van der Waals surface area contributed by atoms with Crippen molar-refractivity contribution in [1.29, 1.82) is 0 Å². The molecule has 0 fully saturated rings. The molecule has 0 unspecified atom stereocenters. The predicted octanol–water partition coefficient (Wildman–Crippen LogP) is 2.56. The molecule has 6 nitrogen and oxygen atoms in total. The van der Waals surface area contributed by atoms with Crippen molar-refractivity contribution in [3.63, 3.8) is 0 Å². The van der Waals surface area contributed by atoms with E-state index in [0.717, 1.165) is 0 Å². The number of methoxy groups -OCH3 is 1. The summed E-state index contributed by atoms with van der Waals surface area (Å²) in [5, 5.41) is 0. The van der Waals surface area contributed by atoms with Crippen molar-refractivity contribution in [1.82, 2.24) is 10.9 Å². The van der Waals surface area contributed by atoms with E-state index < -0.39 is 11.8 Å². The zero-order valence-electron chi connectivity index (χ0n) is 13.8. The molecule has 0 aliphatic rings. The number of rotatable bonds is 5. The van der Waals surface area contributed by atoms with Crippen LogP contribution in [-0.4, -0.2) is 25.0 Å². The average molecular weight is 328 g/mol. The molecule has 0 spiro atoms. The molecule has 0 saturated carbocycles. The average Bonchev–Trinajstić information content (AvgIpc) is 2.59. The fourth-order valence-electron chi connectivity index (χ4n) is 2.01. The van der Waals surface area contributed by atoms with Gasteiger partial charge in [-0.05, 0) is 50.2 Å². The van der Waals surface area contributed by atoms with Crippen LogP contribution in [0.25, 0.3) is 0 Å². The van der Waals surface area contributed by atoms with E-state index in [4.69, 9.17) is 9.47 Å². The molecule has 0 heterocycles. The normalized spacial score (nSPS) is 10.2. The summed E-state index contributed by atoms with van der Waals surface area (Å²) in [5.74, 6) is 0.236. The Labute approximate surface area is 140 Å². The molecule has 0 aliphatic carbocycles. The van der Waals surface area contributed by atoms with Crippen LogP contribution < -0.4 is 20.3 Å². The molecule has 0 aliphatic heterocycles. The van der Waals surface area contributed by atoms with E-state index in [-0.39, 0.29) is 6.10 Å². The van der Waals surface area contributed by atoms with E-state index in [2.05, 4.69) is 10.9 Å². The third-order valence-corrected chi connectivity index (χ3v) is 3.14. The maximum atomic E-state index is 12.3. The van der Waals surface area contributed by atoms with Gasteiger partial charge in [-0.1, -0.05) is 12.1 Å². The molecular formula is C18H20N2O4. The third kappa shape index (κ3) is 4.49. The highest BCUT2D eigenvalue weighted by Gasteiger charge is 2.14. The number of hydrogen-bond donors (Lipinski definition) is 2. The molecule has 0 radical (unpaired) electrons. The van der Waals surface area contributed by atoms with E-state index in [1.165, 1.54) is 0 Å². The molecule has 0 bridgehead atoms. The summed E-state index contributed by atoms with van der Waals surface area (Å²) in [5.41, 5.74) is 5.52. The zero-order chi connectivity index (χ0) is 17.5. The van der Waals surface area contributed by atoms with E-state index in [0.29, 0.717) is 22.6 Å². The maximum Gasteiger partial charge on any atom is 0.273 e. The van der Waals surface area contributed by atoms with E-state index in [1.807, 2.05) is 13.8 Å². The lowest BCUT2D eigenvalue weighted by Gasteiger charge is -2.14. The fourth-order valence-corrected chi connectivity index (χ4v) is 2.01. The van der Waals surface area contributed by atoms with Crippen LogP contribution in [0.5, 0.6) is 11.5 Å². The van der Waals surface area contributed by atoms with Crippen LogP contribution in [0.1, 0.15) is 34.6 Å². The third-order valence-electron chi connectivity index (χ3n) is 3.14. The summed E-state index contributed by atoms with van der Waals surface area (Å²) in [6.45, 7) is 3.75. The van der Waals surface area contributed by atoms with Crippen molar-refractivity contribution in [3.8, 4) is 11.5 Å². The summed E-state index contributed by atoms with van der Waals surface area (Å²) >= 11 is 0. The Balaban J connectivity index is 2.01. The summed E-state index contributed by atoms with van der Waals surface area (Å²) in [7, 11) is 1.55. The van der Waals surface area contributed by atoms with E-state index in [1.54, 1.807) is 55.6 Å². The summed E-state index contributed by atoms with van der Waals surface area (Å²) < 4.78 is 10.6. The molecule has 2 aromatic rings. The van der Waals surface area contributed by atoms with Gasteiger partial charge < -0.3 is 9.47 Å². The van der Waals surface area contributed by atoms with Crippen LogP contribution in [0, 0.1) is 0 Å². The Bertz CT molecular complexity index is 711. The quantitative estimate of drug-likeness (QED) is 0.827. The Morgan fingerprint density at radius 3 is 2.17 bits per heavy atom. The Morgan fingerprint density at radius 1 is 0.917 bits per heavy atom. The molecule has 2 N–H and O–H groups in total. The minimum Gasteiger partial charge on any atom is -0.497 e. The van der Waals surface area contributed by atoms with Crippen LogP contribution in [-0.2, 0) is 0 Å². The number of ether oxygens (including phenoxy) is 2. The number of carbonyl (C=O) groups is 2. The van der Waals surface area contributed by atoms with Gasteiger partial charge in [0.25, 0.3) is 11.8 Å². The first kappa shape index (κ1) is 17.3. The van der Waals surface area contributed by atoms with Gasteiger partial charge in [0.05, 0.1) is 18.8 Å². The first-order chi connectivity index (χ1) is 11.5. The predicted molar refractivity (Wildman–Crippen MR) is 90.1 cm³/mol. The van der Waals surface area contributed by atoms with Crippen molar-refractivity contribution in [2.75, 3.05) is 7.11 Å². The van der Waals surface area contributed by atoms with Crippen molar-refractivity contribution in [3.05, 3.63) is 59.7 Å². The van der Waals surface area contributed by atoms with Gasteiger partial charge in [-0.15, -0.1) is 0 Å². The molecule has 126 valence electrons. The molecule has 6 heteroatoms. The largest absolute Gasteiger partial charge is 0.497 e. The number of benzene rings is 2. The molecule has 2 amide bonds. The second kappa shape index (κ2) is 8.01. The first-order valence-corrected chi connectivity index (χ1v) is 7.51. The van der Waals surface area contributed by atoms with E-state index in [9.17, 15) is 9.59 Å². The fraction of sp³-hybridized carbons (Fsp3) is 0.222. The summed E-state index contributed by atoms with van der Waals surface area (Å²) in [6.07, 6.45) is -0.0622. The molecule has 0 aromatic heterocycles. The van der Waals surface area contributed by atoms with E-state index >= 15 is 0 Å². The summed E-state index contributed by atoms with van der Waals surface area (Å²) in [4.78, 5) is 24.3. The SMILES string of the molecule is COc1ccc(C(=O)NNC(=O)c2ccccc2OC(C)C)cc1. The topological polar surface area (TPSA) is 76.7 Å². The van der Waals surface area contributed by atoms with Gasteiger partial charge in [0.2, 0.25) is 0 Å². The second-order valence-corrected chi connectivity index (χ2v) is 5.30. The van der Waals surface area contributed by atoms with Crippen molar-refractivity contribution in [2.24, 2.45) is 0 Å². The van der Waals surface area contributed by atoms with Gasteiger partial charge in [-0.3, -0.25) is 20.4 Å². The molecule has 2 rings (SSSR count). The molecule has 0 atom stereocenters. The zero-order valence-corrected chi connectivity index (χ0v) is 13.8. The van der Waals surface area contributed by atoms with Crippen LogP contribution >= 0.6 is 0 Å². The highest BCUT2D eigenvalue weighted by Crippen LogP contribution is 2.19. The number of carbonyl (C=O) groups excluding carboxylic acids is 2. The smallest absolute Gasteiger partial charge is 0.273 e. The summed E-state index contributed by atoms with van der Waals surface area (Å²) in [6, 6.07) is 13.4. The lowest BCUT2D eigenvalue weighted by Crippen LogP contribution is -2.41. The minimum absolute atomic E-state index is 0.0622. The van der Waals surface area contributed by atoms with Gasteiger partial charge in [-0.25, -0.2) is 0 Å². The second-order valence-electron chi connectivity index (χ2n) is 5.30. The van der Waals surface area contributed by atoms with Gasteiger partial charge >= 0.3 is 0 Å². The number of hydrogen-bond acceptors (Lipinski definition) is 4. The standard InChI is InChI=1S/C18H20N2O4/c1-12(2)24-16-7-5-4-6-15(16)18(22)20-19-17(21)13-8-10-14(23-3)11-9-13/h4-12H,1-3H3,(H,19,21)(H,20,22). The number of nitrogens with one attached hydrogen (secondary N) is 2. The molecule has 24 heavy (non-hydrogen) atoms. The highest BCUT2D eigenvalue weighted by atomic mass is 16.5. The maximum absolute atomic E-state index is 12.3. The lowest BCUT2D eigenvalue weighted by atomic mass is 10.2. The minimum atomic E-state index is -0.451. The van der Waals surface area contributed by atoms with Crippen LogP contribution in [0.2, 0.25) is 0 Å². The van der Waals surface area contributed by atoms with Crippen molar-refractivity contribution >= 4 is 11.8 Å². The van der Waals surface area contributed by atoms with Gasteiger partial charge in [0, 0.05) is 5.56 Å². The van der Waals surface area contributed by atoms with Gasteiger partial charge in [0.1, 0.15) is 11.5 Å².